The van der Waals surface area contributed by atoms with Crippen LogP contribution < -0.4 is 5.32 Å². The van der Waals surface area contributed by atoms with E-state index in [0.717, 1.165) is 11.3 Å². The minimum absolute atomic E-state index is 0.211. The van der Waals surface area contributed by atoms with Gasteiger partial charge in [0.1, 0.15) is 10.8 Å². The van der Waals surface area contributed by atoms with Crippen LogP contribution in [0, 0.1) is 0 Å². The Hall–Kier alpha value is -2.29. The summed E-state index contributed by atoms with van der Waals surface area (Å²) in [4.78, 5) is 12.4. The molecule has 9 heteroatoms. The molecule has 0 saturated carbocycles. The Bertz CT molecular complexity index is 1000. The van der Waals surface area contributed by atoms with Gasteiger partial charge in [-0.1, -0.05) is 53.3 Å². The van der Waals surface area contributed by atoms with Gasteiger partial charge in [0.05, 0.1) is 15.5 Å². The number of benzene rings is 2. The first-order chi connectivity index (χ1) is 12.0. The molecule has 0 spiro atoms. The van der Waals surface area contributed by atoms with E-state index in [1.807, 2.05) is 0 Å². The predicted octanol–water partition coefficient (Wildman–Crippen LogP) is 3.42. The van der Waals surface area contributed by atoms with Gasteiger partial charge in [0.15, 0.2) is 9.84 Å². The van der Waals surface area contributed by atoms with E-state index in [-0.39, 0.29) is 15.8 Å². The van der Waals surface area contributed by atoms with Gasteiger partial charge in [0.2, 0.25) is 5.13 Å². The summed E-state index contributed by atoms with van der Waals surface area (Å²) in [6, 6.07) is 14.7. The fourth-order valence-electron chi connectivity index (χ4n) is 2.05. The molecule has 0 saturated heterocycles. The quantitative estimate of drug-likeness (QED) is 0.717. The van der Waals surface area contributed by atoms with Crippen LogP contribution in [0.1, 0.15) is 15.4 Å². The largest absolute Gasteiger partial charge is 0.296 e. The molecule has 0 aliphatic carbocycles. The summed E-state index contributed by atoms with van der Waals surface area (Å²) >= 11 is 6.98. The summed E-state index contributed by atoms with van der Waals surface area (Å²) in [6.07, 6.45) is 0. The fraction of sp³-hybridized carbons (Fsp3) is 0.0625. The molecule has 1 amide bonds. The van der Waals surface area contributed by atoms with Gasteiger partial charge in [-0.3, -0.25) is 10.1 Å². The molecular weight excluding hydrogens is 382 g/mol. The summed E-state index contributed by atoms with van der Waals surface area (Å²) in [5.74, 6) is -0.712. The third-order valence-electron chi connectivity index (χ3n) is 3.22. The molecule has 1 N–H and O–H groups in total. The van der Waals surface area contributed by atoms with Gasteiger partial charge in [-0.05, 0) is 24.3 Å². The molecule has 128 valence electrons. The van der Waals surface area contributed by atoms with Crippen molar-refractivity contribution >= 4 is 43.8 Å². The molecular formula is C16H12ClN3O3S2. The molecule has 0 aliphatic heterocycles. The van der Waals surface area contributed by atoms with Gasteiger partial charge >= 0.3 is 0 Å². The maximum atomic E-state index is 12.3. The van der Waals surface area contributed by atoms with Crippen LogP contribution in [0.5, 0.6) is 0 Å². The summed E-state index contributed by atoms with van der Waals surface area (Å²) < 4.78 is 24.7. The Kier molecular flexibility index (Phi) is 5.12. The first kappa shape index (κ1) is 17.5. The van der Waals surface area contributed by atoms with Crippen LogP contribution in [0.4, 0.5) is 5.13 Å². The summed E-state index contributed by atoms with van der Waals surface area (Å²) in [5, 5.41) is 11.0. The van der Waals surface area contributed by atoms with Crippen molar-refractivity contribution in [3.05, 3.63) is 70.2 Å². The van der Waals surface area contributed by atoms with Crippen LogP contribution in [-0.2, 0) is 15.6 Å². The van der Waals surface area contributed by atoms with Crippen LogP contribution in [0.2, 0.25) is 5.02 Å². The normalized spacial score (nSPS) is 11.2. The second-order valence-electron chi connectivity index (χ2n) is 5.01. The average Bonchev–Trinajstić information content (AvgIpc) is 3.02. The first-order valence-corrected chi connectivity index (χ1v) is 9.96. The van der Waals surface area contributed by atoms with Crippen molar-refractivity contribution in [3.8, 4) is 0 Å². The van der Waals surface area contributed by atoms with E-state index in [0.29, 0.717) is 15.6 Å². The zero-order valence-electron chi connectivity index (χ0n) is 12.7. The topological polar surface area (TPSA) is 89.0 Å². The molecule has 2 aromatic carbocycles. The van der Waals surface area contributed by atoms with Gasteiger partial charge in [0, 0.05) is 0 Å². The summed E-state index contributed by atoms with van der Waals surface area (Å²) in [7, 11) is -3.51. The minimum atomic E-state index is -3.51. The minimum Gasteiger partial charge on any atom is -0.296 e. The zero-order chi connectivity index (χ0) is 17.9. The van der Waals surface area contributed by atoms with E-state index < -0.39 is 15.7 Å². The Morgan fingerprint density at radius 1 is 1.04 bits per heavy atom. The SMILES string of the molecule is O=C(Nc1nnc(CS(=O)(=O)c2ccccc2)s1)c1ccccc1Cl. The number of amides is 1. The molecule has 1 aromatic heterocycles. The van der Waals surface area contributed by atoms with Crippen LogP contribution in [-0.4, -0.2) is 24.5 Å². The van der Waals surface area contributed by atoms with E-state index in [9.17, 15) is 13.2 Å². The number of nitrogens with zero attached hydrogens (tertiary/aromatic N) is 2. The van der Waals surface area contributed by atoms with Gasteiger partial charge in [-0.15, -0.1) is 10.2 Å². The molecule has 6 nitrogen and oxygen atoms in total. The molecule has 3 rings (SSSR count). The molecule has 0 unspecified atom stereocenters. The monoisotopic (exact) mass is 393 g/mol. The van der Waals surface area contributed by atoms with Crippen molar-refractivity contribution in [2.24, 2.45) is 0 Å². The second-order valence-corrected chi connectivity index (χ2v) is 8.47. The highest BCUT2D eigenvalue weighted by Gasteiger charge is 2.19. The van der Waals surface area contributed by atoms with Gasteiger partial charge in [0.25, 0.3) is 5.91 Å². The van der Waals surface area contributed by atoms with Gasteiger partial charge in [-0.25, -0.2) is 8.42 Å². The first-order valence-electron chi connectivity index (χ1n) is 7.12. The third-order valence-corrected chi connectivity index (χ3v) is 6.22. The van der Waals surface area contributed by atoms with Crippen molar-refractivity contribution in [1.82, 2.24) is 10.2 Å². The smallest absolute Gasteiger partial charge is 0.259 e. The molecule has 0 fully saturated rings. The maximum Gasteiger partial charge on any atom is 0.259 e. The highest BCUT2D eigenvalue weighted by molar-refractivity contribution is 7.90. The van der Waals surface area contributed by atoms with Crippen molar-refractivity contribution in [3.63, 3.8) is 0 Å². The number of anilines is 1. The second kappa shape index (κ2) is 7.30. The molecule has 25 heavy (non-hydrogen) atoms. The van der Waals surface area contributed by atoms with Crippen LogP contribution in [0.15, 0.2) is 59.5 Å². The van der Waals surface area contributed by atoms with Crippen LogP contribution in [0.25, 0.3) is 0 Å². The maximum absolute atomic E-state index is 12.3. The van der Waals surface area contributed by atoms with Crippen LogP contribution in [0.3, 0.4) is 0 Å². The van der Waals surface area contributed by atoms with Crippen LogP contribution >= 0.6 is 22.9 Å². The number of hydrogen-bond acceptors (Lipinski definition) is 6. The molecule has 1 heterocycles. The number of halogens is 1. The number of nitrogens with one attached hydrogen (secondary N) is 1. The lowest BCUT2D eigenvalue weighted by molar-refractivity contribution is 0.102. The molecule has 0 bridgehead atoms. The number of carbonyl (C=O) groups is 1. The number of hydrogen-bond donors (Lipinski definition) is 1. The Balaban J connectivity index is 1.73. The van der Waals surface area contributed by atoms with Gasteiger partial charge in [-0.2, -0.15) is 0 Å². The zero-order valence-corrected chi connectivity index (χ0v) is 15.1. The Labute approximate surface area is 153 Å². The lowest BCUT2D eigenvalue weighted by Crippen LogP contribution is -2.12. The molecule has 0 atom stereocenters. The molecule has 0 radical (unpaired) electrons. The highest BCUT2D eigenvalue weighted by atomic mass is 35.5. The van der Waals surface area contributed by atoms with E-state index in [4.69, 9.17) is 11.6 Å². The number of rotatable bonds is 5. The molecule has 0 aliphatic rings. The summed E-state index contributed by atoms with van der Waals surface area (Å²) in [5.41, 5.74) is 0.304. The summed E-state index contributed by atoms with van der Waals surface area (Å²) in [6.45, 7) is 0. The van der Waals surface area contributed by atoms with Gasteiger partial charge < -0.3 is 0 Å². The Morgan fingerprint density at radius 3 is 2.44 bits per heavy atom. The predicted molar refractivity (Wildman–Crippen MR) is 96.6 cm³/mol. The average molecular weight is 394 g/mol. The van der Waals surface area contributed by atoms with Crippen molar-refractivity contribution < 1.29 is 13.2 Å². The number of aromatic nitrogens is 2. The van der Waals surface area contributed by atoms with E-state index in [1.54, 1.807) is 42.5 Å². The van der Waals surface area contributed by atoms with E-state index >= 15 is 0 Å². The third kappa shape index (κ3) is 4.22. The lowest BCUT2D eigenvalue weighted by Gasteiger charge is -2.02. The van der Waals surface area contributed by atoms with E-state index in [1.165, 1.54) is 12.1 Å². The lowest BCUT2D eigenvalue weighted by atomic mass is 10.2. The fourth-order valence-corrected chi connectivity index (χ4v) is 4.62. The highest BCUT2D eigenvalue weighted by Crippen LogP contribution is 2.23. The Morgan fingerprint density at radius 2 is 1.72 bits per heavy atom. The number of carbonyl (C=O) groups excluding carboxylic acids is 1. The molecule has 3 aromatic rings. The van der Waals surface area contributed by atoms with Crippen molar-refractivity contribution in [2.75, 3.05) is 5.32 Å². The standard InChI is InChI=1S/C16H12ClN3O3S2/c17-13-9-5-4-8-12(13)15(21)18-16-20-19-14(24-16)10-25(22,23)11-6-2-1-3-7-11/h1-9H,10H2,(H,18,20,21). The van der Waals surface area contributed by atoms with Crippen molar-refractivity contribution in [1.29, 1.82) is 0 Å². The number of sulfone groups is 1. The van der Waals surface area contributed by atoms with E-state index in [2.05, 4.69) is 15.5 Å². The van der Waals surface area contributed by atoms with Crippen molar-refractivity contribution in [2.45, 2.75) is 10.6 Å².